The molecule has 2 rings (SSSR count). The Morgan fingerprint density at radius 2 is 1.91 bits per heavy atom. The van der Waals surface area contributed by atoms with Crippen LogP contribution in [0.5, 0.6) is 5.75 Å². The summed E-state index contributed by atoms with van der Waals surface area (Å²) in [4.78, 5) is 2.47. The van der Waals surface area contributed by atoms with E-state index in [2.05, 4.69) is 17.1 Å². The van der Waals surface area contributed by atoms with Gasteiger partial charge >= 0.3 is 0 Å². The smallest absolute Gasteiger partial charge is 0.138 e. The van der Waals surface area contributed by atoms with Crippen LogP contribution in [0.25, 0.3) is 0 Å². The van der Waals surface area contributed by atoms with Gasteiger partial charge in [-0.1, -0.05) is 49.9 Å². The van der Waals surface area contributed by atoms with E-state index in [-0.39, 0.29) is 36.6 Å². The van der Waals surface area contributed by atoms with Crippen molar-refractivity contribution in [3.8, 4) is 5.75 Å². The minimum atomic E-state index is 0. The third-order valence-electron chi connectivity index (χ3n) is 4.05. The molecule has 3 nitrogen and oxygen atoms in total. The summed E-state index contributed by atoms with van der Waals surface area (Å²) in [6.07, 6.45) is 4.73. The van der Waals surface area contributed by atoms with Crippen molar-refractivity contribution in [1.82, 2.24) is 10.2 Å². The molecule has 0 aliphatic carbocycles. The maximum Gasteiger partial charge on any atom is 0.138 e. The van der Waals surface area contributed by atoms with E-state index >= 15 is 0 Å². The highest BCUT2D eigenvalue weighted by Gasteiger charge is 2.24. The van der Waals surface area contributed by atoms with Crippen LogP contribution in [0.4, 0.5) is 0 Å². The van der Waals surface area contributed by atoms with Crippen molar-refractivity contribution in [3.05, 3.63) is 28.8 Å². The molecule has 2 N–H and O–H groups in total. The van der Waals surface area contributed by atoms with Crippen LogP contribution in [0.1, 0.15) is 44.2 Å². The number of nitrogens with zero attached hydrogens (tertiary/aromatic N) is 1. The largest absolute Gasteiger partial charge is 0.506 e. The van der Waals surface area contributed by atoms with Crippen molar-refractivity contribution >= 4 is 36.4 Å². The van der Waals surface area contributed by atoms with Crippen molar-refractivity contribution in [3.63, 3.8) is 0 Å². The van der Waals surface area contributed by atoms with Crippen LogP contribution in [0.15, 0.2) is 18.2 Å². The van der Waals surface area contributed by atoms with E-state index in [1.165, 1.54) is 19.3 Å². The van der Waals surface area contributed by atoms with Gasteiger partial charge in [0.1, 0.15) is 5.75 Å². The van der Waals surface area contributed by atoms with Gasteiger partial charge in [0.25, 0.3) is 0 Å². The Bertz CT molecular complexity index is 426. The van der Waals surface area contributed by atoms with Gasteiger partial charge in [-0.2, -0.15) is 0 Å². The topological polar surface area (TPSA) is 35.5 Å². The third-order valence-corrected chi connectivity index (χ3v) is 4.36. The molecular formula is C16H27Cl3N2O. The minimum absolute atomic E-state index is 0. The fourth-order valence-corrected chi connectivity index (χ4v) is 3.10. The zero-order chi connectivity index (χ0) is 14.4. The average molecular weight is 370 g/mol. The second-order valence-electron chi connectivity index (χ2n) is 5.48. The molecular weight excluding hydrogens is 343 g/mol. The number of rotatable bonds is 6. The summed E-state index contributed by atoms with van der Waals surface area (Å²) >= 11 is 6.08. The maximum atomic E-state index is 10.3. The van der Waals surface area contributed by atoms with E-state index < -0.39 is 0 Å². The highest BCUT2D eigenvalue weighted by Crippen LogP contribution is 2.36. The van der Waals surface area contributed by atoms with E-state index in [0.717, 1.165) is 38.2 Å². The van der Waals surface area contributed by atoms with Crippen molar-refractivity contribution in [2.45, 2.75) is 38.6 Å². The molecule has 1 aromatic carbocycles. The number of nitrogens with one attached hydrogen (secondary N) is 1. The molecule has 22 heavy (non-hydrogen) atoms. The van der Waals surface area contributed by atoms with E-state index in [9.17, 15) is 5.11 Å². The van der Waals surface area contributed by atoms with Gasteiger partial charge in [0.05, 0.1) is 5.02 Å². The second-order valence-corrected chi connectivity index (χ2v) is 5.88. The van der Waals surface area contributed by atoms with Crippen LogP contribution >= 0.6 is 36.4 Å². The maximum absolute atomic E-state index is 10.3. The van der Waals surface area contributed by atoms with Gasteiger partial charge in [0, 0.05) is 37.8 Å². The Morgan fingerprint density at radius 3 is 2.55 bits per heavy atom. The van der Waals surface area contributed by atoms with Crippen LogP contribution in [-0.2, 0) is 0 Å². The molecule has 0 aromatic heterocycles. The number of aromatic hydroxyl groups is 1. The summed E-state index contributed by atoms with van der Waals surface area (Å²) in [6, 6.07) is 5.98. The second kappa shape index (κ2) is 11.4. The predicted octanol–water partition coefficient (Wildman–Crippen LogP) is 4.42. The monoisotopic (exact) mass is 368 g/mol. The quantitative estimate of drug-likeness (QED) is 0.729. The van der Waals surface area contributed by atoms with Crippen LogP contribution in [0.2, 0.25) is 5.02 Å². The fourth-order valence-electron chi connectivity index (χ4n) is 2.92. The van der Waals surface area contributed by atoms with Crippen molar-refractivity contribution < 1.29 is 5.11 Å². The zero-order valence-corrected chi connectivity index (χ0v) is 15.4. The summed E-state index contributed by atoms with van der Waals surface area (Å²) in [5.41, 5.74) is 0.982. The molecule has 0 saturated carbocycles. The molecule has 1 saturated heterocycles. The van der Waals surface area contributed by atoms with Crippen molar-refractivity contribution in [1.29, 1.82) is 0 Å². The summed E-state index contributed by atoms with van der Waals surface area (Å²) in [5.74, 6) is 0.259. The molecule has 128 valence electrons. The molecule has 1 atom stereocenters. The first kappa shape index (κ1) is 21.8. The van der Waals surface area contributed by atoms with Crippen molar-refractivity contribution in [2.24, 2.45) is 0 Å². The Kier molecular flexibility index (Phi) is 11.3. The molecule has 6 heteroatoms. The highest BCUT2D eigenvalue weighted by atomic mass is 35.5. The van der Waals surface area contributed by atoms with Crippen LogP contribution in [0.3, 0.4) is 0 Å². The molecule has 0 bridgehead atoms. The molecule has 1 aliphatic rings. The standard InChI is InChI=1S/C16H25ClN2O.2ClH/c1-2-3-4-8-15(19-11-9-18-10-12-19)13-6-5-7-14(17)16(13)20;;/h5-7,15,18,20H,2-4,8-12H2,1H3;2*1H/t15-;;/m0../s1. The SMILES string of the molecule is CCCCC[C@@H](c1cccc(Cl)c1O)N1CCNCC1.Cl.Cl. The van der Waals surface area contributed by atoms with E-state index in [1.54, 1.807) is 6.07 Å². The van der Waals surface area contributed by atoms with Gasteiger partial charge in [-0.3, -0.25) is 4.90 Å². The van der Waals surface area contributed by atoms with Gasteiger partial charge in [0.2, 0.25) is 0 Å². The van der Waals surface area contributed by atoms with Gasteiger partial charge in [-0.05, 0) is 12.5 Å². The Labute approximate surface area is 151 Å². The number of unbranched alkanes of at least 4 members (excludes halogenated alkanes) is 2. The first-order chi connectivity index (χ1) is 9.74. The lowest BCUT2D eigenvalue weighted by atomic mass is 9.97. The lowest BCUT2D eigenvalue weighted by Gasteiger charge is -2.35. The van der Waals surface area contributed by atoms with E-state index in [1.807, 2.05) is 12.1 Å². The minimum Gasteiger partial charge on any atom is -0.506 e. The van der Waals surface area contributed by atoms with Crippen LogP contribution < -0.4 is 5.32 Å². The zero-order valence-electron chi connectivity index (χ0n) is 13.1. The fraction of sp³-hybridized carbons (Fsp3) is 0.625. The number of halogens is 3. The van der Waals surface area contributed by atoms with E-state index in [0.29, 0.717) is 5.02 Å². The summed E-state index contributed by atoms with van der Waals surface area (Å²) in [6.45, 7) is 6.32. The molecule has 0 spiro atoms. The van der Waals surface area contributed by atoms with Gasteiger partial charge in [-0.25, -0.2) is 0 Å². The Balaban J connectivity index is 0.00000220. The molecule has 0 radical (unpaired) electrons. The van der Waals surface area contributed by atoms with E-state index in [4.69, 9.17) is 11.6 Å². The number of benzene rings is 1. The van der Waals surface area contributed by atoms with Crippen LogP contribution in [-0.4, -0.2) is 36.2 Å². The number of hydrogen-bond donors (Lipinski definition) is 2. The number of phenols is 1. The summed E-state index contributed by atoms with van der Waals surface area (Å²) in [5, 5.41) is 14.1. The number of para-hydroxylation sites is 1. The van der Waals surface area contributed by atoms with Gasteiger partial charge in [0.15, 0.2) is 0 Å². The first-order valence-electron chi connectivity index (χ1n) is 7.66. The van der Waals surface area contributed by atoms with Crippen molar-refractivity contribution in [2.75, 3.05) is 26.2 Å². The molecule has 1 aromatic rings. The Hall–Kier alpha value is -0.190. The highest BCUT2D eigenvalue weighted by molar-refractivity contribution is 6.32. The first-order valence-corrected chi connectivity index (χ1v) is 8.04. The predicted molar refractivity (Wildman–Crippen MR) is 98.9 cm³/mol. The molecule has 1 fully saturated rings. The molecule has 0 amide bonds. The lowest BCUT2D eigenvalue weighted by Crippen LogP contribution is -2.45. The number of hydrogen-bond acceptors (Lipinski definition) is 3. The normalized spacial score (nSPS) is 16.5. The van der Waals surface area contributed by atoms with Crippen LogP contribution in [0, 0.1) is 0 Å². The third kappa shape index (κ3) is 5.78. The molecule has 0 unspecified atom stereocenters. The Morgan fingerprint density at radius 1 is 1.23 bits per heavy atom. The summed E-state index contributed by atoms with van der Waals surface area (Å²) in [7, 11) is 0. The lowest BCUT2D eigenvalue weighted by molar-refractivity contribution is 0.160. The number of phenolic OH excluding ortho intramolecular Hbond substituents is 1. The number of piperazine rings is 1. The average Bonchev–Trinajstić information content (AvgIpc) is 2.48. The van der Waals surface area contributed by atoms with Gasteiger partial charge in [-0.15, -0.1) is 24.8 Å². The van der Waals surface area contributed by atoms with Gasteiger partial charge < -0.3 is 10.4 Å². The molecule has 1 heterocycles. The molecule has 1 aliphatic heterocycles. The summed E-state index contributed by atoms with van der Waals surface area (Å²) < 4.78 is 0.